The molecule has 0 heterocycles. The Balaban J connectivity index is 1.94. The molecule has 0 bridgehead atoms. The van der Waals surface area contributed by atoms with Crippen molar-refractivity contribution in [3.63, 3.8) is 0 Å². The van der Waals surface area contributed by atoms with E-state index in [4.69, 9.17) is 4.74 Å². The molecule has 0 aliphatic carbocycles. The van der Waals surface area contributed by atoms with Gasteiger partial charge in [0.1, 0.15) is 11.5 Å². The molecule has 5 nitrogen and oxygen atoms in total. The molecule has 0 aliphatic heterocycles. The summed E-state index contributed by atoms with van der Waals surface area (Å²) < 4.78 is 29.4. The molecular formula is C17H19NO4S. The molecule has 0 spiro atoms. The Labute approximate surface area is 136 Å². The predicted molar refractivity (Wildman–Crippen MR) is 88.1 cm³/mol. The van der Waals surface area contributed by atoms with E-state index >= 15 is 0 Å². The van der Waals surface area contributed by atoms with Gasteiger partial charge in [-0.05, 0) is 36.8 Å². The third-order valence-electron chi connectivity index (χ3n) is 3.35. The van der Waals surface area contributed by atoms with Gasteiger partial charge in [0.2, 0.25) is 5.91 Å². The molecular weight excluding hydrogens is 314 g/mol. The minimum Gasteiger partial charge on any atom is -0.497 e. The fourth-order valence-electron chi connectivity index (χ4n) is 2.00. The molecule has 23 heavy (non-hydrogen) atoms. The van der Waals surface area contributed by atoms with Crippen molar-refractivity contribution >= 4 is 15.7 Å². The lowest BCUT2D eigenvalue weighted by atomic mass is 10.2. The van der Waals surface area contributed by atoms with Crippen LogP contribution >= 0.6 is 0 Å². The van der Waals surface area contributed by atoms with Gasteiger partial charge in [-0.25, -0.2) is 8.42 Å². The first kappa shape index (κ1) is 17.0. The Bertz CT molecular complexity index is 765. The molecule has 0 fully saturated rings. The summed E-state index contributed by atoms with van der Waals surface area (Å²) >= 11 is 0. The highest BCUT2D eigenvalue weighted by atomic mass is 32.2. The third kappa shape index (κ3) is 4.82. The standard InChI is InChI=1S/C17H19NO4S/c1-13-3-9-16(10-4-13)23(20,21)12-17(19)18-11-14-5-7-15(22-2)8-6-14/h3-10H,11-12H2,1-2H3,(H,18,19). The summed E-state index contributed by atoms with van der Waals surface area (Å²) in [6.45, 7) is 2.14. The minimum atomic E-state index is -3.62. The number of carbonyl (C=O) groups excluding carboxylic acids is 1. The Kier molecular flexibility index (Phi) is 5.39. The van der Waals surface area contributed by atoms with Crippen LogP contribution in [0.25, 0.3) is 0 Å². The molecule has 122 valence electrons. The molecule has 0 aliphatic rings. The van der Waals surface area contributed by atoms with Gasteiger partial charge in [-0.15, -0.1) is 0 Å². The first-order chi connectivity index (χ1) is 10.9. The van der Waals surface area contributed by atoms with E-state index in [1.165, 1.54) is 12.1 Å². The van der Waals surface area contributed by atoms with Gasteiger partial charge in [-0.3, -0.25) is 4.79 Å². The molecule has 2 rings (SSSR count). The second-order valence-corrected chi connectivity index (χ2v) is 7.19. The second-order valence-electron chi connectivity index (χ2n) is 5.20. The van der Waals surface area contributed by atoms with Gasteiger partial charge < -0.3 is 10.1 Å². The Morgan fingerprint density at radius 2 is 1.65 bits per heavy atom. The lowest BCUT2D eigenvalue weighted by Gasteiger charge is -2.07. The maximum Gasteiger partial charge on any atom is 0.235 e. The van der Waals surface area contributed by atoms with E-state index in [2.05, 4.69) is 5.32 Å². The van der Waals surface area contributed by atoms with Crippen molar-refractivity contribution in [2.75, 3.05) is 12.9 Å². The summed E-state index contributed by atoms with van der Waals surface area (Å²) in [6.07, 6.45) is 0. The zero-order valence-corrected chi connectivity index (χ0v) is 13.9. The molecule has 1 amide bonds. The molecule has 0 saturated carbocycles. The quantitative estimate of drug-likeness (QED) is 0.878. The van der Waals surface area contributed by atoms with Crippen molar-refractivity contribution in [3.8, 4) is 5.75 Å². The Hall–Kier alpha value is -2.34. The summed E-state index contributed by atoms with van der Waals surface area (Å²) in [4.78, 5) is 12.0. The molecule has 2 aromatic rings. The van der Waals surface area contributed by atoms with Crippen LogP contribution in [-0.4, -0.2) is 27.2 Å². The molecule has 6 heteroatoms. The maximum absolute atomic E-state index is 12.2. The summed E-state index contributed by atoms with van der Waals surface area (Å²) in [5.41, 5.74) is 1.83. The second kappa shape index (κ2) is 7.28. The highest BCUT2D eigenvalue weighted by Gasteiger charge is 2.18. The van der Waals surface area contributed by atoms with Crippen LogP contribution in [0.2, 0.25) is 0 Å². The van der Waals surface area contributed by atoms with Gasteiger partial charge >= 0.3 is 0 Å². The van der Waals surface area contributed by atoms with Crippen LogP contribution in [0.15, 0.2) is 53.4 Å². The first-order valence-electron chi connectivity index (χ1n) is 7.10. The molecule has 0 radical (unpaired) electrons. The third-order valence-corrected chi connectivity index (χ3v) is 4.98. The normalized spacial score (nSPS) is 11.0. The number of benzene rings is 2. The molecule has 0 aromatic heterocycles. The summed E-state index contributed by atoms with van der Waals surface area (Å²) in [6, 6.07) is 13.6. The average molecular weight is 333 g/mol. The molecule has 1 N–H and O–H groups in total. The van der Waals surface area contributed by atoms with Crippen LogP contribution in [0.4, 0.5) is 0 Å². The van der Waals surface area contributed by atoms with Crippen molar-refractivity contribution in [2.45, 2.75) is 18.4 Å². The molecule has 0 atom stereocenters. The molecule has 0 saturated heterocycles. The number of carbonyl (C=O) groups is 1. The number of hydrogen-bond acceptors (Lipinski definition) is 4. The van der Waals surface area contributed by atoms with Crippen LogP contribution < -0.4 is 10.1 Å². The lowest BCUT2D eigenvalue weighted by Crippen LogP contribution is -2.29. The zero-order valence-electron chi connectivity index (χ0n) is 13.1. The predicted octanol–water partition coefficient (Wildman–Crippen LogP) is 2.09. The average Bonchev–Trinajstić information content (AvgIpc) is 2.53. The monoisotopic (exact) mass is 333 g/mol. The summed E-state index contributed by atoms with van der Waals surface area (Å²) in [5, 5.41) is 2.61. The Morgan fingerprint density at radius 3 is 2.22 bits per heavy atom. The van der Waals surface area contributed by atoms with Crippen molar-refractivity contribution in [2.24, 2.45) is 0 Å². The fraction of sp³-hybridized carbons (Fsp3) is 0.235. The van der Waals surface area contributed by atoms with E-state index in [0.717, 1.165) is 16.9 Å². The van der Waals surface area contributed by atoms with Gasteiger partial charge in [0.05, 0.1) is 12.0 Å². The summed E-state index contributed by atoms with van der Waals surface area (Å²) in [5.74, 6) is -0.366. The largest absolute Gasteiger partial charge is 0.497 e. The van der Waals surface area contributed by atoms with Gasteiger partial charge in [-0.1, -0.05) is 29.8 Å². The number of nitrogens with one attached hydrogen (secondary N) is 1. The fourth-order valence-corrected chi connectivity index (χ4v) is 3.16. The lowest BCUT2D eigenvalue weighted by molar-refractivity contribution is -0.118. The Morgan fingerprint density at radius 1 is 1.04 bits per heavy atom. The topological polar surface area (TPSA) is 72.5 Å². The molecule has 0 unspecified atom stereocenters. The number of amides is 1. The van der Waals surface area contributed by atoms with Crippen LogP contribution in [-0.2, 0) is 21.2 Å². The number of aryl methyl sites for hydroxylation is 1. The van der Waals surface area contributed by atoms with Crippen molar-refractivity contribution in [1.29, 1.82) is 0 Å². The van der Waals surface area contributed by atoms with Gasteiger partial charge in [0, 0.05) is 6.54 Å². The van der Waals surface area contributed by atoms with Crippen LogP contribution in [0, 0.1) is 6.92 Å². The first-order valence-corrected chi connectivity index (χ1v) is 8.75. The summed E-state index contributed by atoms with van der Waals surface area (Å²) in [7, 11) is -2.05. The number of methoxy groups -OCH3 is 1. The minimum absolute atomic E-state index is 0.155. The van der Waals surface area contributed by atoms with Crippen LogP contribution in [0.3, 0.4) is 0 Å². The maximum atomic E-state index is 12.2. The van der Waals surface area contributed by atoms with Crippen molar-refractivity contribution in [1.82, 2.24) is 5.32 Å². The number of hydrogen-bond donors (Lipinski definition) is 1. The van der Waals surface area contributed by atoms with Gasteiger partial charge in [-0.2, -0.15) is 0 Å². The van der Waals surface area contributed by atoms with E-state index in [1.807, 2.05) is 19.1 Å². The van der Waals surface area contributed by atoms with Crippen molar-refractivity contribution in [3.05, 3.63) is 59.7 Å². The smallest absolute Gasteiger partial charge is 0.235 e. The van der Waals surface area contributed by atoms with Gasteiger partial charge in [0.25, 0.3) is 0 Å². The van der Waals surface area contributed by atoms with E-state index < -0.39 is 21.5 Å². The number of ether oxygens (including phenoxy) is 1. The SMILES string of the molecule is COc1ccc(CNC(=O)CS(=O)(=O)c2ccc(C)cc2)cc1. The highest BCUT2D eigenvalue weighted by molar-refractivity contribution is 7.92. The van der Waals surface area contributed by atoms with Gasteiger partial charge in [0.15, 0.2) is 9.84 Å². The van der Waals surface area contributed by atoms with Crippen LogP contribution in [0.1, 0.15) is 11.1 Å². The number of rotatable bonds is 6. The molecule has 2 aromatic carbocycles. The van der Waals surface area contributed by atoms with Crippen molar-refractivity contribution < 1.29 is 17.9 Å². The van der Waals surface area contributed by atoms with E-state index in [0.29, 0.717) is 0 Å². The van der Waals surface area contributed by atoms with E-state index in [9.17, 15) is 13.2 Å². The zero-order chi connectivity index (χ0) is 16.9. The number of sulfone groups is 1. The van der Waals surface area contributed by atoms with E-state index in [-0.39, 0.29) is 11.4 Å². The highest BCUT2D eigenvalue weighted by Crippen LogP contribution is 2.13. The van der Waals surface area contributed by atoms with Crippen LogP contribution in [0.5, 0.6) is 5.75 Å². The van der Waals surface area contributed by atoms with E-state index in [1.54, 1.807) is 31.4 Å².